The molecule has 0 radical (unpaired) electrons. The van der Waals surface area contributed by atoms with Crippen LogP contribution in [0.15, 0.2) is 23.2 Å². The number of aromatic nitrogens is 1. The van der Waals surface area contributed by atoms with Crippen LogP contribution in [0, 0.1) is 10.9 Å². The van der Waals surface area contributed by atoms with E-state index < -0.39 is 25.9 Å². The summed E-state index contributed by atoms with van der Waals surface area (Å²) in [5.74, 6) is -0.972. The SMILES string of the molecule is NC1(CNCCCCNc2cc(F)c(S(=O)(=O)Nc3ncc(F)s3)cc2Cl)CC1. The Kier molecular flexibility index (Phi) is 6.94. The molecule has 0 saturated heterocycles. The van der Waals surface area contributed by atoms with E-state index in [2.05, 4.69) is 15.6 Å². The largest absolute Gasteiger partial charge is 0.384 e. The van der Waals surface area contributed by atoms with Crippen molar-refractivity contribution in [1.82, 2.24) is 10.3 Å². The normalized spacial score (nSPS) is 15.3. The average molecular weight is 466 g/mol. The molecule has 0 bridgehead atoms. The highest BCUT2D eigenvalue weighted by molar-refractivity contribution is 7.93. The van der Waals surface area contributed by atoms with Crippen molar-refractivity contribution in [3.8, 4) is 0 Å². The Labute approximate surface area is 177 Å². The Morgan fingerprint density at radius 2 is 1.97 bits per heavy atom. The summed E-state index contributed by atoms with van der Waals surface area (Å²) < 4.78 is 54.1. The molecule has 29 heavy (non-hydrogen) atoms. The molecular weight excluding hydrogens is 444 g/mol. The zero-order valence-electron chi connectivity index (χ0n) is 15.5. The van der Waals surface area contributed by atoms with Gasteiger partial charge in [0.15, 0.2) is 10.3 Å². The summed E-state index contributed by atoms with van der Waals surface area (Å²) in [7, 11) is -4.29. The predicted molar refractivity (Wildman–Crippen MR) is 111 cm³/mol. The molecule has 3 rings (SSSR count). The van der Waals surface area contributed by atoms with E-state index in [1.165, 1.54) is 0 Å². The highest BCUT2D eigenvalue weighted by Crippen LogP contribution is 2.31. The smallest absolute Gasteiger partial charge is 0.266 e. The number of benzene rings is 1. The molecule has 2 aromatic rings. The molecule has 1 saturated carbocycles. The summed E-state index contributed by atoms with van der Waals surface area (Å²) in [6.07, 6.45) is 4.72. The van der Waals surface area contributed by atoms with Crippen molar-refractivity contribution < 1.29 is 17.2 Å². The lowest BCUT2D eigenvalue weighted by atomic mass is 10.2. The first-order chi connectivity index (χ1) is 13.7. The second-order valence-electron chi connectivity index (χ2n) is 7.01. The molecule has 1 aliphatic rings. The summed E-state index contributed by atoms with van der Waals surface area (Å²) in [5.41, 5.74) is 6.27. The number of rotatable bonds is 11. The van der Waals surface area contributed by atoms with E-state index in [0.717, 1.165) is 57.1 Å². The summed E-state index contributed by atoms with van der Waals surface area (Å²) in [6, 6.07) is 2.05. The van der Waals surface area contributed by atoms with Crippen LogP contribution in [0.4, 0.5) is 19.6 Å². The fraction of sp³-hybridized carbons (Fsp3) is 0.471. The van der Waals surface area contributed by atoms with Gasteiger partial charge >= 0.3 is 0 Å². The van der Waals surface area contributed by atoms with Crippen molar-refractivity contribution in [2.45, 2.75) is 36.1 Å². The van der Waals surface area contributed by atoms with Gasteiger partial charge in [0.25, 0.3) is 10.0 Å². The van der Waals surface area contributed by atoms with Gasteiger partial charge in [-0.3, -0.25) is 4.72 Å². The zero-order valence-corrected chi connectivity index (χ0v) is 17.9. The molecule has 1 aromatic heterocycles. The number of anilines is 2. The lowest BCUT2D eigenvalue weighted by Gasteiger charge is -2.13. The predicted octanol–water partition coefficient (Wildman–Crippen LogP) is 3.15. The highest BCUT2D eigenvalue weighted by Gasteiger charge is 2.37. The monoisotopic (exact) mass is 465 g/mol. The Bertz CT molecular complexity index is 967. The minimum absolute atomic E-state index is 0.0199. The second-order valence-corrected chi connectivity index (χ2v) is 10.0. The number of hydrogen-bond acceptors (Lipinski definition) is 7. The first kappa shape index (κ1) is 22.2. The van der Waals surface area contributed by atoms with E-state index in [1.807, 2.05) is 4.72 Å². The molecule has 1 heterocycles. The fourth-order valence-electron chi connectivity index (χ4n) is 2.61. The average Bonchev–Trinajstić information content (AvgIpc) is 3.24. The first-order valence-corrected chi connectivity index (χ1v) is 11.7. The number of halogens is 3. The molecule has 5 N–H and O–H groups in total. The molecular formula is C17H22ClF2N5O2S2. The Hall–Kier alpha value is -1.53. The van der Waals surface area contributed by atoms with E-state index in [4.69, 9.17) is 17.3 Å². The summed E-state index contributed by atoms with van der Waals surface area (Å²) >= 11 is 6.61. The van der Waals surface area contributed by atoms with Gasteiger partial charge in [0.2, 0.25) is 0 Å². The Balaban J connectivity index is 1.51. The van der Waals surface area contributed by atoms with Gasteiger partial charge in [-0.2, -0.15) is 4.39 Å². The molecule has 7 nitrogen and oxygen atoms in total. The van der Waals surface area contributed by atoms with Gasteiger partial charge in [0, 0.05) is 18.6 Å². The lowest BCUT2D eigenvalue weighted by molar-refractivity contribution is 0.552. The van der Waals surface area contributed by atoms with E-state index in [0.29, 0.717) is 23.6 Å². The number of unbranched alkanes of at least 4 members (excludes halogenated alkanes) is 1. The van der Waals surface area contributed by atoms with Crippen LogP contribution in [0.25, 0.3) is 0 Å². The maximum atomic E-state index is 14.4. The van der Waals surface area contributed by atoms with E-state index in [-0.39, 0.29) is 15.7 Å². The second kappa shape index (κ2) is 9.09. The van der Waals surface area contributed by atoms with E-state index in [9.17, 15) is 17.2 Å². The molecule has 1 aliphatic carbocycles. The van der Waals surface area contributed by atoms with Crippen LogP contribution in [-0.2, 0) is 10.0 Å². The number of nitrogens with zero attached hydrogens (tertiary/aromatic N) is 1. The minimum atomic E-state index is -4.29. The lowest BCUT2D eigenvalue weighted by Crippen LogP contribution is -2.36. The van der Waals surface area contributed by atoms with Crippen LogP contribution < -0.4 is 21.1 Å². The third-order valence-corrected chi connectivity index (χ3v) is 6.97. The van der Waals surface area contributed by atoms with Gasteiger partial charge < -0.3 is 16.4 Å². The van der Waals surface area contributed by atoms with Gasteiger partial charge in [-0.1, -0.05) is 22.9 Å². The minimum Gasteiger partial charge on any atom is -0.384 e. The van der Waals surface area contributed by atoms with Crippen molar-refractivity contribution in [2.24, 2.45) is 5.73 Å². The highest BCUT2D eigenvalue weighted by atomic mass is 35.5. The third kappa shape index (κ3) is 6.22. The van der Waals surface area contributed by atoms with Crippen LogP contribution >= 0.6 is 22.9 Å². The topological polar surface area (TPSA) is 109 Å². The summed E-state index contributed by atoms with van der Waals surface area (Å²) in [6.45, 7) is 2.20. The van der Waals surface area contributed by atoms with Gasteiger partial charge in [0.05, 0.1) is 16.9 Å². The number of nitrogens with one attached hydrogen (secondary N) is 3. The Morgan fingerprint density at radius 1 is 1.24 bits per heavy atom. The van der Waals surface area contributed by atoms with Gasteiger partial charge in [-0.25, -0.2) is 17.8 Å². The first-order valence-electron chi connectivity index (χ1n) is 9.05. The summed E-state index contributed by atoms with van der Waals surface area (Å²) in [4.78, 5) is 2.92. The quantitative estimate of drug-likeness (QED) is 0.379. The van der Waals surface area contributed by atoms with E-state index >= 15 is 0 Å². The molecule has 0 atom stereocenters. The number of hydrogen-bond donors (Lipinski definition) is 4. The molecule has 0 amide bonds. The van der Waals surface area contributed by atoms with Crippen molar-refractivity contribution in [2.75, 3.05) is 29.7 Å². The number of thiazole rings is 1. The van der Waals surface area contributed by atoms with Crippen LogP contribution in [0.2, 0.25) is 5.02 Å². The van der Waals surface area contributed by atoms with Gasteiger partial charge in [-0.05, 0) is 44.4 Å². The molecule has 0 aliphatic heterocycles. The third-order valence-electron chi connectivity index (χ3n) is 4.48. The zero-order chi connectivity index (χ0) is 21.1. The molecule has 160 valence electrons. The molecule has 1 fully saturated rings. The van der Waals surface area contributed by atoms with Crippen LogP contribution in [0.1, 0.15) is 25.7 Å². The van der Waals surface area contributed by atoms with Crippen molar-refractivity contribution in [1.29, 1.82) is 0 Å². The van der Waals surface area contributed by atoms with Gasteiger partial charge in [0.1, 0.15) is 10.7 Å². The number of sulfonamides is 1. The summed E-state index contributed by atoms with van der Waals surface area (Å²) in [5, 5.41) is 5.52. The fourth-order valence-corrected chi connectivity index (χ4v) is 4.78. The van der Waals surface area contributed by atoms with Crippen LogP contribution in [-0.4, -0.2) is 38.6 Å². The van der Waals surface area contributed by atoms with Gasteiger partial charge in [-0.15, -0.1) is 0 Å². The Morgan fingerprint density at radius 3 is 2.62 bits per heavy atom. The maximum absolute atomic E-state index is 14.4. The molecule has 1 aromatic carbocycles. The van der Waals surface area contributed by atoms with Crippen LogP contribution in [0.3, 0.4) is 0 Å². The van der Waals surface area contributed by atoms with E-state index in [1.54, 1.807) is 0 Å². The molecule has 12 heteroatoms. The van der Waals surface area contributed by atoms with Crippen molar-refractivity contribution in [3.63, 3.8) is 0 Å². The molecule has 0 spiro atoms. The number of nitrogens with two attached hydrogens (primary N) is 1. The maximum Gasteiger partial charge on any atom is 0.266 e. The van der Waals surface area contributed by atoms with Crippen molar-refractivity contribution in [3.05, 3.63) is 34.3 Å². The van der Waals surface area contributed by atoms with Crippen LogP contribution in [0.5, 0.6) is 0 Å². The molecule has 0 unspecified atom stereocenters. The standard InChI is InChI=1S/C17H22ClF2N5O2S2/c18-11-7-14(29(26,27)25-16-24-9-15(20)28-16)12(19)8-13(11)23-6-2-1-5-22-10-17(21)3-4-17/h7-9,22-23H,1-6,10,21H2,(H,24,25). The van der Waals surface area contributed by atoms with Crippen molar-refractivity contribution >= 4 is 43.8 Å².